The maximum absolute atomic E-state index is 12.2. The van der Waals surface area contributed by atoms with E-state index in [4.69, 9.17) is 4.74 Å². The number of non-ortho nitro benzene ring substituents is 1. The SMILES string of the molecule is Cc1cccc(OCCN2C(=O)CCc3cc([N+](=O)[O-])ccc32)c1. The quantitative estimate of drug-likeness (QED) is 0.624. The summed E-state index contributed by atoms with van der Waals surface area (Å²) in [5.41, 5.74) is 2.74. The van der Waals surface area contributed by atoms with Crippen molar-refractivity contribution in [2.45, 2.75) is 19.8 Å². The fourth-order valence-electron chi connectivity index (χ4n) is 2.87. The molecule has 2 aromatic carbocycles. The molecule has 1 aliphatic rings. The van der Waals surface area contributed by atoms with Crippen molar-refractivity contribution in [3.8, 4) is 5.75 Å². The number of fused-ring (bicyclic) bond motifs is 1. The second-order valence-electron chi connectivity index (χ2n) is 5.78. The van der Waals surface area contributed by atoms with Gasteiger partial charge in [-0.25, -0.2) is 0 Å². The summed E-state index contributed by atoms with van der Waals surface area (Å²) in [5, 5.41) is 10.9. The van der Waals surface area contributed by atoms with Gasteiger partial charge >= 0.3 is 0 Å². The number of ether oxygens (including phenoxy) is 1. The van der Waals surface area contributed by atoms with Gasteiger partial charge in [-0.15, -0.1) is 0 Å². The first-order valence-corrected chi connectivity index (χ1v) is 7.82. The number of hydrogen-bond acceptors (Lipinski definition) is 4. The van der Waals surface area contributed by atoms with Crippen molar-refractivity contribution in [1.82, 2.24) is 0 Å². The van der Waals surface area contributed by atoms with E-state index < -0.39 is 4.92 Å². The third kappa shape index (κ3) is 3.37. The van der Waals surface area contributed by atoms with E-state index >= 15 is 0 Å². The number of nitro groups is 1. The lowest BCUT2D eigenvalue weighted by Crippen LogP contribution is -2.38. The van der Waals surface area contributed by atoms with Crippen LogP contribution in [0, 0.1) is 17.0 Å². The number of nitro benzene ring substituents is 1. The lowest BCUT2D eigenvalue weighted by Gasteiger charge is -2.29. The van der Waals surface area contributed by atoms with Crippen molar-refractivity contribution in [3.05, 3.63) is 63.7 Å². The second-order valence-corrected chi connectivity index (χ2v) is 5.78. The fraction of sp³-hybridized carbons (Fsp3) is 0.278. The Morgan fingerprint density at radius 2 is 2.04 bits per heavy atom. The lowest BCUT2D eigenvalue weighted by molar-refractivity contribution is -0.384. The van der Waals surface area contributed by atoms with Gasteiger partial charge in [0.25, 0.3) is 5.69 Å². The number of carbonyl (C=O) groups excluding carboxylic acids is 1. The molecule has 24 heavy (non-hydrogen) atoms. The molecule has 0 fully saturated rings. The molecule has 0 N–H and O–H groups in total. The van der Waals surface area contributed by atoms with E-state index in [0.29, 0.717) is 26.0 Å². The Hall–Kier alpha value is -2.89. The second kappa shape index (κ2) is 6.70. The van der Waals surface area contributed by atoms with Crippen molar-refractivity contribution >= 4 is 17.3 Å². The molecule has 1 heterocycles. The molecule has 2 aromatic rings. The van der Waals surface area contributed by atoms with Crippen LogP contribution < -0.4 is 9.64 Å². The number of rotatable bonds is 5. The monoisotopic (exact) mass is 326 g/mol. The van der Waals surface area contributed by atoms with E-state index in [1.54, 1.807) is 17.0 Å². The molecule has 6 nitrogen and oxygen atoms in total. The summed E-state index contributed by atoms with van der Waals surface area (Å²) in [6.45, 7) is 2.77. The number of benzene rings is 2. The number of anilines is 1. The molecule has 0 saturated heterocycles. The molecule has 0 aromatic heterocycles. The molecular formula is C18H18N2O4. The molecule has 124 valence electrons. The summed E-state index contributed by atoms with van der Waals surface area (Å²) in [5.74, 6) is 0.785. The molecule has 1 aliphatic heterocycles. The van der Waals surface area contributed by atoms with Crippen molar-refractivity contribution in [1.29, 1.82) is 0 Å². The number of amides is 1. The van der Waals surface area contributed by atoms with Crippen LogP contribution in [-0.2, 0) is 11.2 Å². The zero-order chi connectivity index (χ0) is 17.1. The molecule has 0 atom stereocenters. The molecule has 1 amide bonds. The molecule has 0 unspecified atom stereocenters. The minimum atomic E-state index is -0.415. The predicted octanol–water partition coefficient (Wildman–Crippen LogP) is 3.26. The Balaban J connectivity index is 1.72. The van der Waals surface area contributed by atoms with Crippen LogP contribution in [0.5, 0.6) is 5.75 Å². The van der Waals surface area contributed by atoms with Gasteiger partial charge in [0.1, 0.15) is 12.4 Å². The van der Waals surface area contributed by atoms with E-state index in [1.807, 2.05) is 31.2 Å². The van der Waals surface area contributed by atoms with Gasteiger partial charge in [-0.05, 0) is 42.7 Å². The van der Waals surface area contributed by atoms with Gasteiger partial charge in [-0.2, -0.15) is 0 Å². The van der Waals surface area contributed by atoms with Crippen LogP contribution in [0.4, 0.5) is 11.4 Å². The van der Waals surface area contributed by atoms with Crippen LogP contribution in [0.25, 0.3) is 0 Å². The maximum Gasteiger partial charge on any atom is 0.269 e. The highest BCUT2D eigenvalue weighted by Crippen LogP contribution is 2.30. The average Bonchev–Trinajstić information content (AvgIpc) is 2.56. The first-order chi connectivity index (χ1) is 11.5. The maximum atomic E-state index is 12.2. The normalized spacial score (nSPS) is 13.5. The minimum absolute atomic E-state index is 0.0178. The van der Waals surface area contributed by atoms with E-state index in [-0.39, 0.29) is 11.6 Å². The molecule has 3 rings (SSSR count). The Bertz CT molecular complexity index is 788. The topological polar surface area (TPSA) is 72.7 Å². The van der Waals surface area contributed by atoms with Gasteiger partial charge in [-0.1, -0.05) is 12.1 Å². The average molecular weight is 326 g/mol. The standard InChI is InChI=1S/C18H18N2O4/c1-13-3-2-4-16(11-13)24-10-9-19-17-7-6-15(20(22)23)12-14(17)5-8-18(19)21/h2-4,6-7,11-12H,5,8-10H2,1H3. The summed E-state index contributed by atoms with van der Waals surface area (Å²) >= 11 is 0. The summed E-state index contributed by atoms with van der Waals surface area (Å²) in [6, 6.07) is 12.4. The summed E-state index contributed by atoms with van der Waals surface area (Å²) in [7, 11) is 0. The van der Waals surface area contributed by atoms with Gasteiger partial charge in [-0.3, -0.25) is 14.9 Å². The molecule has 0 bridgehead atoms. The first kappa shape index (κ1) is 16.0. The molecule has 0 aliphatic carbocycles. The largest absolute Gasteiger partial charge is 0.492 e. The lowest BCUT2D eigenvalue weighted by atomic mass is 10.0. The van der Waals surface area contributed by atoms with Crippen LogP contribution in [0.15, 0.2) is 42.5 Å². The molecule has 0 saturated carbocycles. The van der Waals surface area contributed by atoms with Crippen molar-refractivity contribution < 1.29 is 14.5 Å². The third-order valence-corrected chi connectivity index (χ3v) is 4.05. The van der Waals surface area contributed by atoms with Crippen LogP contribution in [0.3, 0.4) is 0 Å². The Kier molecular flexibility index (Phi) is 4.46. The van der Waals surface area contributed by atoms with Crippen LogP contribution in [-0.4, -0.2) is 24.0 Å². The molecule has 6 heteroatoms. The predicted molar refractivity (Wildman–Crippen MR) is 90.4 cm³/mol. The smallest absolute Gasteiger partial charge is 0.269 e. The van der Waals surface area contributed by atoms with Gasteiger partial charge in [0.2, 0.25) is 5.91 Å². The van der Waals surface area contributed by atoms with Crippen LogP contribution in [0.2, 0.25) is 0 Å². The van der Waals surface area contributed by atoms with Gasteiger partial charge in [0.15, 0.2) is 0 Å². The Morgan fingerprint density at radius 3 is 2.79 bits per heavy atom. The summed E-state index contributed by atoms with van der Waals surface area (Å²) < 4.78 is 5.71. The molecular weight excluding hydrogens is 308 g/mol. The van der Waals surface area contributed by atoms with Crippen molar-refractivity contribution in [3.63, 3.8) is 0 Å². The Morgan fingerprint density at radius 1 is 1.21 bits per heavy atom. The number of carbonyl (C=O) groups is 1. The highest BCUT2D eigenvalue weighted by molar-refractivity contribution is 5.96. The van der Waals surface area contributed by atoms with Crippen LogP contribution >= 0.6 is 0 Å². The minimum Gasteiger partial charge on any atom is -0.492 e. The zero-order valence-corrected chi connectivity index (χ0v) is 13.4. The van der Waals surface area contributed by atoms with E-state index in [0.717, 1.165) is 22.6 Å². The van der Waals surface area contributed by atoms with Gasteiger partial charge in [0.05, 0.1) is 11.5 Å². The van der Waals surface area contributed by atoms with E-state index in [1.165, 1.54) is 6.07 Å². The third-order valence-electron chi connectivity index (χ3n) is 4.05. The van der Waals surface area contributed by atoms with Crippen molar-refractivity contribution in [2.24, 2.45) is 0 Å². The van der Waals surface area contributed by atoms with Gasteiger partial charge < -0.3 is 9.64 Å². The van der Waals surface area contributed by atoms with Gasteiger partial charge in [0, 0.05) is 24.2 Å². The van der Waals surface area contributed by atoms with Crippen molar-refractivity contribution in [2.75, 3.05) is 18.1 Å². The Labute approximate surface area is 139 Å². The summed E-state index contributed by atoms with van der Waals surface area (Å²) in [6.07, 6.45) is 0.893. The zero-order valence-electron chi connectivity index (χ0n) is 13.4. The molecule has 0 radical (unpaired) electrons. The number of aryl methyl sites for hydroxylation is 2. The highest BCUT2D eigenvalue weighted by atomic mass is 16.6. The van der Waals surface area contributed by atoms with E-state index in [2.05, 4.69) is 0 Å². The fourth-order valence-corrected chi connectivity index (χ4v) is 2.87. The number of nitrogens with zero attached hydrogens (tertiary/aromatic N) is 2. The highest BCUT2D eigenvalue weighted by Gasteiger charge is 2.25. The number of hydrogen-bond donors (Lipinski definition) is 0. The summed E-state index contributed by atoms with van der Waals surface area (Å²) in [4.78, 5) is 24.3. The first-order valence-electron chi connectivity index (χ1n) is 7.82. The van der Waals surface area contributed by atoms with Crippen LogP contribution in [0.1, 0.15) is 17.5 Å². The molecule has 0 spiro atoms. The van der Waals surface area contributed by atoms with E-state index in [9.17, 15) is 14.9 Å².